The Labute approximate surface area is 81.7 Å². The zero-order valence-corrected chi connectivity index (χ0v) is 8.27. The monoisotopic (exact) mass is 208 g/mol. The first-order chi connectivity index (χ1) is 6.41. The summed E-state index contributed by atoms with van der Waals surface area (Å²) >= 11 is 0. The maximum absolute atomic E-state index is 12.3. The van der Waals surface area contributed by atoms with Crippen LogP contribution in [-0.2, 0) is 0 Å². The second kappa shape index (κ2) is 3.10. The Bertz CT molecular complexity index is 211. The summed E-state index contributed by atoms with van der Waals surface area (Å²) in [5, 5.41) is 0. The molecule has 0 aliphatic carbocycles. The molecular formula is C9H15F3N2. The maximum atomic E-state index is 12.3. The van der Waals surface area contributed by atoms with Gasteiger partial charge in [0.1, 0.15) is 0 Å². The van der Waals surface area contributed by atoms with Gasteiger partial charge >= 0.3 is 6.30 Å². The van der Waals surface area contributed by atoms with Crippen LogP contribution in [0.1, 0.15) is 12.8 Å². The largest absolute Gasteiger partial charge is 0.459 e. The second-order valence-electron chi connectivity index (χ2n) is 4.63. The molecule has 0 aromatic rings. The molecule has 0 saturated carbocycles. The summed E-state index contributed by atoms with van der Waals surface area (Å²) in [5.41, 5.74) is 0.205. The molecule has 2 fully saturated rings. The van der Waals surface area contributed by atoms with Crippen LogP contribution >= 0.6 is 0 Å². The van der Waals surface area contributed by atoms with Crippen molar-refractivity contribution < 1.29 is 13.2 Å². The molecule has 1 spiro atoms. The number of rotatable bonds is 0. The number of piperidine rings is 1. The normalized spacial score (nSPS) is 29.1. The summed E-state index contributed by atoms with van der Waals surface area (Å²) < 4.78 is 36.9. The summed E-state index contributed by atoms with van der Waals surface area (Å²) in [4.78, 5) is 2.81. The molecule has 5 heteroatoms. The molecule has 0 radical (unpaired) electrons. The predicted molar refractivity (Wildman–Crippen MR) is 46.8 cm³/mol. The number of likely N-dealkylation sites (tertiary alicyclic amines) is 2. The van der Waals surface area contributed by atoms with Gasteiger partial charge in [0.15, 0.2) is 0 Å². The lowest BCUT2D eigenvalue weighted by molar-refractivity contribution is -0.258. The van der Waals surface area contributed by atoms with E-state index in [0.29, 0.717) is 17.7 Å². The van der Waals surface area contributed by atoms with Gasteiger partial charge in [0.2, 0.25) is 0 Å². The van der Waals surface area contributed by atoms with Gasteiger partial charge in [-0.15, -0.1) is 0 Å². The molecule has 0 atom stereocenters. The molecule has 0 N–H and O–H groups in total. The van der Waals surface area contributed by atoms with E-state index in [1.54, 1.807) is 0 Å². The summed E-state index contributed by atoms with van der Waals surface area (Å²) in [6, 6.07) is 0. The van der Waals surface area contributed by atoms with Gasteiger partial charge in [0.05, 0.1) is 0 Å². The Morgan fingerprint density at radius 3 is 1.93 bits per heavy atom. The highest BCUT2D eigenvalue weighted by Gasteiger charge is 2.48. The van der Waals surface area contributed by atoms with Crippen molar-refractivity contribution in [3.05, 3.63) is 0 Å². The number of hydrogen-bond donors (Lipinski definition) is 0. The van der Waals surface area contributed by atoms with Gasteiger partial charge < -0.3 is 4.90 Å². The average Bonchev–Trinajstić information content (AvgIpc) is 2.01. The minimum atomic E-state index is -4.13. The van der Waals surface area contributed by atoms with Crippen LogP contribution in [0.5, 0.6) is 0 Å². The van der Waals surface area contributed by atoms with Gasteiger partial charge in [-0.3, -0.25) is 0 Å². The van der Waals surface area contributed by atoms with Gasteiger partial charge in [-0.05, 0) is 25.3 Å². The van der Waals surface area contributed by atoms with Crippen molar-refractivity contribution in [3.63, 3.8) is 0 Å². The standard InChI is InChI=1S/C9H15F3N2/c1-13-6-8(7-13)2-4-14(5-3-8)9(10,11)12/h2-7H2,1H3. The molecule has 0 bridgehead atoms. The smallest absolute Gasteiger partial charge is 0.305 e. The topological polar surface area (TPSA) is 6.48 Å². The Kier molecular flexibility index (Phi) is 2.27. The molecule has 14 heavy (non-hydrogen) atoms. The molecule has 2 aliphatic heterocycles. The molecule has 2 aliphatic rings. The first-order valence-electron chi connectivity index (χ1n) is 4.92. The van der Waals surface area contributed by atoms with E-state index in [1.165, 1.54) is 0 Å². The van der Waals surface area contributed by atoms with Crippen LogP contribution < -0.4 is 0 Å². The molecule has 2 rings (SSSR count). The Hall–Kier alpha value is -0.290. The second-order valence-corrected chi connectivity index (χ2v) is 4.63. The van der Waals surface area contributed by atoms with Gasteiger partial charge in [-0.2, -0.15) is 13.2 Å². The fraction of sp³-hybridized carbons (Fsp3) is 1.00. The number of alkyl halides is 3. The lowest BCUT2D eigenvalue weighted by atomic mass is 9.72. The van der Waals surface area contributed by atoms with E-state index < -0.39 is 6.30 Å². The molecule has 2 saturated heterocycles. The molecule has 0 unspecified atom stereocenters. The first-order valence-corrected chi connectivity index (χ1v) is 4.92. The van der Waals surface area contributed by atoms with E-state index in [9.17, 15) is 13.2 Å². The van der Waals surface area contributed by atoms with Gasteiger partial charge in [0, 0.05) is 26.2 Å². The molecular weight excluding hydrogens is 193 g/mol. The van der Waals surface area contributed by atoms with E-state index in [4.69, 9.17) is 0 Å². The van der Waals surface area contributed by atoms with Crippen molar-refractivity contribution in [2.45, 2.75) is 19.1 Å². The molecule has 82 valence electrons. The fourth-order valence-electron chi connectivity index (χ4n) is 2.65. The molecule has 0 aromatic carbocycles. The van der Waals surface area contributed by atoms with Gasteiger partial charge in [0.25, 0.3) is 0 Å². The lowest BCUT2D eigenvalue weighted by Gasteiger charge is -2.52. The van der Waals surface area contributed by atoms with Gasteiger partial charge in [-0.1, -0.05) is 0 Å². The van der Waals surface area contributed by atoms with Crippen LogP contribution in [0.2, 0.25) is 0 Å². The van der Waals surface area contributed by atoms with Crippen LogP contribution in [0.3, 0.4) is 0 Å². The summed E-state index contributed by atoms with van der Waals surface area (Å²) in [7, 11) is 2.02. The van der Waals surface area contributed by atoms with Crippen molar-refractivity contribution in [2.75, 3.05) is 33.2 Å². The van der Waals surface area contributed by atoms with Crippen molar-refractivity contribution in [1.82, 2.24) is 9.80 Å². The van der Waals surface area contributed by atoms with E-state index in [1.807, 2.05) is 7.05 Å². The van der Waals surface area contributed by atoms with E-state index in [0.717, 1.165) is 13.1 Å². The van der Waals surface area contributed by atoms with Crippen LogP contribution in [-0.4, -0.2) is 49.3 Å². The zero-order valence-electron chi connectivity index (χ0n) is 8.27. The number of hydrogen-bond acceptors (Lipinski definition) is 2. The van der Waals surface area contributed by atoms with Crippen LogP contribution in [0.4, 0.5) is 13.2 Å². The van der Waals surface area contributed by atoms with E-state index in [-0.39, 0.29) is 18.5 Å². The highest BCUT2D eigenvalue weighted by Crippen LogP contribution is 2.41. The van der Waals surface area contributed by atoms with Crippen LogP contribution in [0, 0.1) is 5.41 Å². The third-order valence-electron chi connectivity index (χ3n) is 3.39. The van der Waals surface area contributed by atoms with Crippen LogP contribution in [0.15, 0.2) is 0 Å². The summed E-state index contributed by atoms with van der Waals surface area (Å²) in [6.45, 7) is 2.30. The van der Waals surface area contributed by atoms with Crippen molar-refractivity contribution in [1.29, 1.82) is 0 Å². The Balaban J connectivity index is 1.87. The number of halogens is 3. The van der Waals surface area contributed by atoms with Gasteiger partial charge in [-0.25, -0.2) is 4.90 Å². The molecule has 0 aromatic heterocycles. The third-order valence-corrected chi connectivity index (χ3v) is 3.39. The molecule has 0 amide bonds. The SMILES string of the molecule is CN1CC2(CCN(C(F)(F)F)CC2)C1. The van der Waals surface area contributed by atoms with Crippen molar-refractivity contribution in [2.24, 2.45) is 5.41 Å². The first kappa shape index (κ1) is 10.2. The fourth-order valence-corrected chi connectivity index (χ4v) is 2.65. The molecule has 2 nitrogen and oxygen atoms in total. The third kappa shape index (κ3) is 1.75. The Morgan fingerprint density at radius 1 is 1.07 bits per heavy atom. The summed E-state index contributed by atoms with van der Waals surface area (Å²) in [6.07, 6.45) is -2.75. The highest BCUT2D eigenvalue weighted by molar-refractivity contribution is 4.97. The lowest BCUT2D eigenvalue weighted by Crippen LogP contribution is -2.60. The van der Waals surface area contributed by atoms with Crippen molar-refractivity contribution in [3.8, 4) is 0 Å². The van der Waals surface area contributed by atoms with Crippen molar-refractivity contribution >= 4 is 0 Å². The number of nitrogens with zero attached hydrogens (tertiary/aromatic N) is 2. The van der Waals surface area contributed by atoms with E-state index >= 15 is 0 Å². The average molecular weight is 208 g/mol. The minimum absolute atomic E-state index is 0.178. The summed E-state index contributed by atoms with van der Waals surface area (Å²) in [5.74, 6) is 0. The minimum Gasteiger partial charge on any atom is -0.305 e. The molecule has 2 heterocycles. The highest BCUT2D eigenvalue weighted by atomic mass is 19.4. The quantitative estimate of drug-likeness (QED) is 0.557. The predicted octanol–water partition coefficient (Wildman–Crippen LogP) is 1.53. The Morgan fingerprint density at radius 2 is 1.57 bits per heavy atom. The zero-order chi connectivity index (χ0) is 10.4. The maximum Gasteiger partial charge on any atom is 0.459 e. The van der Waals surface area contributed by atoms with E-state index in [2.05, 4.69) is 4.90 Å². The van der Waals surface area contributed by atoms with Crippen LogP contribution in [0.25, 0.3) is 0 Å².